The van der Waals surface area contributed by atoms with Crippen LogP contribution in [0.5, 0.6) is 0 Å². The van der Waals surface area contributed by atoms with Crippen molar-refractivity contribution in [2.24, 2.45) is 0 Å². The molecule has 2 rings (SSSR count). The molecule has 0 radical (unpaired) electrons. The first-order chi connectivity index (χ1) is 9.70. The smallest absolute Gasteiger partial charge is 0.257 e. The van der Waals surface area contributed by atoms with Crippen molar-refractivity contribution in [3.63, 3.8) is 0 Å². The minimum atomic E-state index is -0.176. The van der Waals surface area contributed by atoms with Crippen molar-refractivity contribution in [3.05, 3.63) is 47.9 Å². The summed E-state index contributed by atoms with van der Waals surface area (Å²) < 4.78 is 0. The first kappa shape index (κ1) is 14.0. The van der Waals surface area contributed by atoms with E-state index < -0.39 is 0 Å². The molecule has 0 bridgehead atoms. The highest BCUT2D eigenvalue weighted by molar-refractivity contribution is 6.04. The van der Waals surface area contributed by atoms with Gasteiger partial charge in [0, 0.05) is 30.2 Å². The number of carbonyl (C=O) groups is 1. The van der Waals surface area contributed by atoms with Crippen molar-refractivity contribution < 1.29 is 4.79 Å². The highest BCUT2D eigenvalue weighted by atomic mass is 16.1. The molecule has 5 nitrogen and oxygen atoms in total. The second-order valence-electron chi connectivity index (χ2n) is 4.50. The number of aryl methyl sites for hydroxylation is 1. The summed E-state index contributed by atoms with van der Waals surface area (Å²) in [5, 5.41) is 6.03. The van der Waals surface area contributed by atoms with Gasteiger partial charge in [0.1, 0.15) is 0 Å². The Morgan fingerprint density at radius 3 is 2.80 bits per heavy atom. The van der Waals surface area contributed by atoms with Crippen LogP contribution in [0.25, 0.3) is 0 Å². The average molecular weight is 270 g/mol. The number of rotatable bonds is 5. The van der Waals surface area contributed by atoms with Crippen LogP contribution in [-0.2, 0) is 0 Å². The van der Waals surface area contributed by atoms with E-state index in [1.807, 2.05) is 25.1 Å². The van der Waals surface area contributed by atoms with Crippen LogP contribution in [0.1, 0.15) is 29.3 Å². The molecule has 1 heterocycles. The molecule has 0 atom stereocenters. The number of amides is 1. The van der Waals surface area contributed by atoms with E-state index in [1.165, 1.54) is 6.20 Å². The molecule has 104 valence electrons. The van der Waals surface area contributed by atoms with Gasteiger partial charge in [-0.25, -0.2) is 4.98 Å². The van der Waals surface area contributed by atoms with E-state index in [0.717, 1.165) is 24.2 Å². The van der Waals surface area contributed by atoms with Gasteiger partial charge in [-0.05, 0) is 37.1 Å². The average Bonchev–Trinajstić information content (AvgIpc) is 2.46. The first-order valence-corrected chi connectivity index (χ1v) is 6.62. The number of anilines is 2. The van der Waals surface area contributed by atoms with Crippen LogP contribution in [0.15, 0.2) is 36.8 Å². The molecule has 1 aromatic carbocycles. The van der Waals surface area contributed by atoms with Crippen molar-refractivity contribution in [2.75, 3.05) is 17.2 Å². The van der Waals surface area contributed by atoms with Gasteiger partial charge in [-0.2, -0.15) is 0 Å². The molecule has 1 amide bonds. The largest absolute Gasteiger partial charge is 0.385 e. The molecule has 1 aromatic heterocycles. The zero-order valence-electron chi connectivity index (χ0n) is 11.7. The fraction of sp³-hybridized carbons (Fsp3) is 0.267. The van der Waals surface area contributed by atoms with E-state index >= 15 is 0 Å². The van der Waals surface area contributed by atoms with E-state index in [-0.39, 0.29) is 5.91 Å². The Morgan fingerprint density at radius 2 is 2.15 bits per heavy atom. The Bertz CT molecular complexity index is 584. The zero-order chi connectivity index (χ0) is 14.4. The number of nitrogens with one attached hydrogen (secondary N) is 2. The van der Waals surface area contributed by atoms with Gasteiger partial charge in [0.2, 0.25) is 0 Å². The summed E-state index contributed by atoms with van der Waals surface area (Å²) in [5.41, 5.74) is 2.59. The molecule has 0 unspecified atom stereocenters. The highest BCUT2D eigenvalue weighted by Crippen LogP contribution is 2.16. The maximum atomic E-state index is 12.2. The van der Waals surface area contributed by atoms with Crippen LogP contribution in [0.2, 0.25) is 0 Å². The van der Waals surface area contributed by atoms with Gasteiger partial charge in [-0.15, -0.1) is 0 Å². The number of nitrogens with zero attached hydrogens (tertiary/aromatic N) is 2. The lowest BCUT2D eigenvalue weighted by Crippen LogP contribution is -2.14. The normalized spacial score (nSPS) is 10.1. The van der Waals surface area contributed by atoms with Crippen molar-refractivity contribution in [2.45, 2.75) is 20.3 Å². The maximum Gasteiger partial charge on any atom is 0.257 e. The highest BCUT2D eigenvalue weighted by Gasteiger charge is 2.10. The molecular formula is C15H18N4O. The van der Waals surface area contributed by atoms with Crippen LogP contribution >= 0.6 is 0 Å². The predicted octanol–water partition coefficient (Wildman–Crippen LogP) is 2.86. The third-order valence-corrected chi connectivity index (χ3v) is 2.85. The molecule has 0 fully saturated rings. The summed E-state index contributed by atoms with van der Waals surface area (Å²) in [7, 11) is 0. The monoisotopic (exact) mass is 270 g/mol. The third kappa shape index (κ3) is 3.54. The molecule has 0 saturated heterocycles. The molecular weight excluding hydrogens is 252 g/mol. The van der Waals surface area contributed by atoms with E-state index in [2.05, 4.69) is 27.5 Å². The van der Waals surface area contributed by atoms with Crippen molar-refractivity contribution >= 4 is 17.4 Å². The maximum absolute atomic E-state index is 12.2. The van der Waals surface area contributed by atoms with Crippen LogP contribution in [-0.4, -0.2) is 22.4 Å². The van der Waals surface area contributed by atoms with Gasteiger partial charge < -0.3 is 10.6 Å². The minimum Gasteiger partial charge on any atom is -0.385 e. The summed E-state index contributed by atoms with van der Waals surface area (Å²) in [6.07, 6.45) is 5.69. The number of hydrogen-bond acceptors (Lipinski definition) is 4. The lowest BCUT2D eigenvalue weighted by molar-refractivity contribution is 0.102. The van der Waals surface area contributed by atoms with E-state index in [4.69, 9.17) is 0 Å². The molecule has 0 spiro atoms. The lowest BCUT2D eigenvalue weighted by Gasteiger charge is -2.10. The Hall–Kier alpha value is -2.43. The molecule has 5 heteroatoms. The standard InChI is InChI=1S/C15H18N4O/c1-3-6-17-12-4-5-13(11(2)9-12)15(20)19-14-10-16-7-8-18-14/h4-5,7-10,17H,3,6H2,1-2H3,(H,18,19,20). The number of benzene rings is 1. The number of hydrogen-bond donors (Lipinski definition) is 2. The molecule has 0 saturated carbocycles. The molecule has 0 aliphatic heterocycles. The Morgan fingerprint density at radius 1 is 1.30 bits per heavy atom. The van der Waals surface area contributed by atoms with Crippen molar-refractivity contribution in [1.82, 2.24) is 9.97 Å². The summed E-state index contributed by atoms with van der Waals surface area (Å²) in [6, 6.07) is 5.70. The Kier molecular flexibility index (Phi) is 4.65. The zero-order valence-corrected chi connectivity index (χ0v) is 11.7. The first-order valence-electron chi connectivity index (χ1n) is 6.62. The SMILES string of the molecule is CCCNc1ccc(C(=O)Nc2cnccn2)c(C)c1. The summed E-state index contributed by atoms with van der Waals surface area (Å²) in [4.78, 5) is 20.1. The molecule has 2 N–H and O–H groups in total. The lowest BCUT2D eigenvalue weighted by atomic mass is 10.1. The van der Waals surface area contributed by atoms with Crippen molar-refractivity contribution in [3.8, 4) is 0 Å². The summed E-state index contributed by atoms with van der Waals surface area (Å²) >= 11 is 0. The fourth-order valence-corrected chi connectivity index (χ4v) is 1.85. The summed E-state index contributed by atoms with van der Waals surface area (Å²) in [5.74, 6) is 0.273. The van der Waals surface area contributed by atoms with E-state index in [0.29, 0.717) is 11.4 Å². The molecule has 0 aliphatic carbocycles. The van der Waals surface area contributed by atoms with Crippen molar-refractivity contribution in [1.29, 1.82) is 0 Å². The van der Waals surface area contributed by atoms with Gasteiger partial charge in [0.15, 0.2) is 5.82 Å². The molecule has 0 aliphatic rings. The Balaban J connectivity index is 2.10. The minimum absolute atomic E-state index is 0.176. The quantitative estimate of drug-likeness (QED) is 0.876. The number of carbonyl (C=O) groups excluding carboxylic acids is 1. The molecule has 2 aromatic rings. The second kappa shape index (κ2) is 6.65. The third-order valence-electron chi connectivity index (χ3n) is 2.85. The van der Waals surface area contributed by atoms with Gasteiger partial charge in [0.05, 0.1) is 6.20 Å². The molecule has 20 heavy (non-hydrogen) atoms. The topological polar surface area (TPSA) is 66.9 Å². The van der Waals surface area contributed by atoms with Crippen LogP contribution in [0.3, 0.4) is 0 Å². The van der Waals surface area contributed by atoms with Crippen LogP contribution in [0.4, 0.5) is 11.5 Å². The second-order valence-corrected chi connectivity index (χ2v) is 4.50. The number of aromatic nitrogens is 2. The predicted molar refractivity (Wildman–Crippen MR) is 79.9 cm³/mol. The van der Waals surface area contributed by atoms with Gasteiger partial charge in [-0.3, -0.25) is 9.78 Å². The Labute approximate surface area is 118 Å². The van der Waals surface area contributed by atoms with Gasteiger partial charge in [-0.1, -0.05) is 6.92 Å². The van der Waals surface area contributed by atoms with E-state index in [1.54, 1.807) is 12.4 Å². The van der Waals surface area contributed by atoms with E-state index in [9.17, 15) is 4.79 Å². The van der Waals surface area contributed by atoms with Gasteiger partial charge >= 0.3 is 0 Å². The summed E-state index contributed by atoms with van der Waals surface area (Å²) in [6.45, 7) is 4.95. The van der Waals surface area contributed by atoms with Crippen LogP contribution < -0.4 is 10.6 Å². The van der Waals surface area contributed by atoms with Gasteiger partial charge in [0.25, 0.3) is 5.91 Å². The van der Waals surface area contributed by atoms with Crippen LogP contribution in [0, 0.1) is 6.92 Å². The fourth-order valence-electron chi connectivity index (χ4n) is 1.85.